The second-order valence-corrected chi connectivity index (χ2v) is 4.53. The van der Waals surface area contributed by atoms with Crippen LogP contribution in [0.2, 0.25) is 5.02 Å². The molecule has 1 heterocycles. The first-order valence-corrected chi connectivity index (χ1v) is 5.98. The van der Waals surface area contributed by atoms with E-state index in [1.807, 2.05) is 6.92 Å². The molecule has 0 amide bonds. The zero-order valence-electron chi connectivity index (χ0n) is 10.4. The van der Waals surface area contributed by atoms with Crippen molar-refractivity contribution in [2.45, 2.75) is 19.9 Å². The molecular weight excluding hydrogens is 270 g/mol. The van der Waals surface area contributed by atoms with Crippen molar-refractivity contribution in [2.75, 3.05) is 5.32 Å². The number of nitro groups is 1. The van der Waals surface area contributed by atoms with Gasteiger partial charge in [0.05, 0.1) is 11.1 Å². The number of aromatic nitrogens is 1. The molecule has 0 radical (unpaired) electrons. The molecule has 0 aliphatic heterocycles. The summed E-state index contributed by atoms with van der Waals surface area (Å²) in [7, 11) is 0. The van der Waals surface area contributed by atoms with Gasteiger partial charge in [-0.05, 0) is 26.0 Å². The number of aryl methyl sites for hydroxylation is 1. The first-order chi connectivity index (χ1) is 8.97. The van der Waals surface area contributed by atoms with E-state index in [-0.39, 0.29) is 11.7 Å². The fourth-order valence-electron chi connectivity index (χ4n) is 1.65. The predicted octanol–water partition coefficient (Wildman–Crippen LogP) is 3.72. The van der Waals surface area contributed by atoms with E-state index >= 15 is 0 Å². The van der Waals surface area contributed by atoms with Gasteiger partial charge in [-0.25, -0.2) is 4.98 Å². The van der Waals surface area contributed by atoms with Crippen LogP contribution in [0.15, 0.2) is 28.8 Å². The fraction of sp³-hybridized carbons (Fsp3) is 0.250. The number of benzene rings is 1. The van der Waals surface area contributed by atoms with Crippen LogP contribution in [0, 0.1) is 17.0 Å². The lowest BCUT2D eigenvalue weighted by molar-refractivity contribution is -0.384. The van der Waals surface area contributed by atoms with Crippen molar-refractivity contribution in [2.24, 2.45) is 0 Å². The Morgan fingerprint density at radius 3 is 2.84 bits per heavy atom. The molecule has 100 valence electrons. The topological polar surface area (TPSA) is 81.2 Å². The Bertz CT molecular complexity index is 612. The van der Waals surface area contributed by atoms with Crippen molar-refractivity contribution in [1.82, 2.24) is 4.98 Å². The number of hydrogen-bond acceptors (Lipinski definition) is 5. The van der Waals surface area contributed by atoms with Crippen LogP contribution in [-0.4, -0.2) is 9.91 Å². The summed E-state index contributed by atoms with van der Waals surface area (Å²) in [5.74, 6) is 1.16. The molecule has 1 atom stereocenters. The smallest absolute Gasteiger partial charge is 0.293 e. The van der Waals surface area contributed by atoms with Crippen molar-refractivity contribution in [3.05, 3.63) is 51.2 Å². The van der Waals surface area contributed by atoms with Gasteiger partial charge in [0.2, 0.25) is 5.89 Å². The van der Waals surface area contributed by atoms with E-state index in [1.54, 1.807) is 25.3 Å². The van der Waals surface area contributed by atoms with Crippen molar-refractivity contribution >= 4 is 23.0 Å². The fourth-order valence-corrected chi connectivity index (χ4v) is 1.81. The summed E-state index contributed by atoms with van der Waals surface area (Å²) < 4.78 is 5.37. The van der Waals surface area contributed by atoms with Gasteiger partial charge in [-0.15, -0.1) is 0 Å². The van der Waals surface area contributed by atoms with Crippen LogP contribution in [-0.2, 0) is 0 Å². The lowest BCUT2D eigenvalue weighted by atomic mass is 10.2. The molecule has 1 aromatic carbocycles. The zero-order valence-corrected chi connectivity index (χ0v) is 11.1. The third kappa shape index (κ3) is 3.03. The van der Waals surface area contributed by atoms with Gasteiger partial charge in [-0.2, -0.15) is 0 Å². The number of oxazole rings is 1. The van der Waals surface area contributed by atoms with Gasteiger partial charge in [-0.1, -0.05) is 11.6 Å². The standard InChI is InChI=1S/C12H12ClN3O3/c1-7-6-14-12(19-7)8(2)15-10-4-3-9(13)5-11(10)16(17)18/h3-6,8,15H,1-2H3. The largest absolute Gasteiger partial charge is 0.444 e. The molecule has 1 aromatic heterocycles. The minimum absolute atomic E-state index is 0.0809. The third-order valence-electron chi connectivity index (χ3n) is 2.54. The molecule has 0 saturated heterocycles. The maximum Gasteiger partial charge on any atom is 0.293 e. The van der Waals surface area contributed by atoms with E-state index in [1.165, 1.54) is 6.07 Å². The highest BCUT2D eigenvalue weighted by Crippen LogP contribution is 2.30. The van der Waals surface area contributed by atoms with E-state index in [4.69, 9.17) is 16.0 Å². The number of halogens is 1. The first-order valence-electron chi connectivity index (χ1n) is 5.60. The van der Waals surface area contributed by atoms with Crippen LogP contribution in [0.5, 0.6) is 0 Å². The minimum Gasteiger partial charge on any atom is -0.444 e. The van der Waals surface area contributed by atoms with Gasteiger partial charge in [0.15, 0.2) is 0 Å². The maximum absolute atomic E-state index is 11.0. The average Bonchev–Trinajstić information content (AvgIpc) is 2.78. The molecule has 7 heteroatoms. The summed E-state index contributed by atoms with van der Waals surface area (Å²) in [5, 5.41) is 14.3. The van der Waals surface area contributed by atoms with Crippen molar-refractivity contribution < 1.29 is 9.34 Å². The molecular formula is C12H12ClN3O3. The van der Waals surface area contributed by atoms with Gasteiger partial charge in [0, 0.05) is 11.1 Å². The quantitative estimate of drug-likeness (QED) is 0.682. The van der Waals surface area contributed by atoms with E-state index in [2.05, 4.69) is 10.3 Å². The highest BCUT2D eigenvalue weighted by molar-refractivity contribution is 6.30. The van der Waals surface area contributed by atoms with Gasteiger partial charge in [0.1, 0.15) is 17.5 Å². The minimum atomic E-state index is -0.484. The summed E-state index contributed by atoms with van der Waals surface area (Å²) in [5.41, 5.74) is 0.292. The molecule has 1 unspecified atom stereocenters. The summed E-state index contributed by atoms with van der Waals surface area (Å²) >= 11 is 5.75. The summed E-state index contributed by atoms with van der Waals surface area (Å²) in [4.78, 5) is 14.6. The molecule has 0 fully saturated rings. The number of rotatable bonds is 4. The van der Waals surface area contributed by atoms with Gasteiger partial charge < -0.3 is 9.73 Å². The Morgan fingerprint density at radius 1 is 1.53 bits per heavy atom. The van der Waals surface area contributed by atoms with Crippen molar-refractivity contribution in [1.29, 1.82) is 0 Å². The van der Waals surface area contributed by atoms with Crippen LogP contribution in [0.4, 0.5) is 11.4 Å². The zero-order chi connectivity index (χ0) is 14.0. The van der Waals surface area contributed by atoms with Crippen molar-refractivity contribution in [3.63, 3.8) is 0 Å². The SMILES string of the molecule is Cc1cnc(C(C)Nc2ccc(Cl)cc2[N+](=O)[O-])o1. The predicted molar refractivity (Wildman–Crippen MR) is 71.4 cm³/mol. The molecule has 1 N–H and O–H groups in total. The van der Waals surface area contributed by atoms with Crippen LogP contribution >= 0.6 is 11.6 Å². The second kappa shape index (κ2) is 5.27. The molecule has 2 aromatic rings. The summed E-state index contributed by atoms with van der Waals surface area (Å²) in [6.07, 6.45) is 1.60. The van der Waals surface area contributed by atoms with E-state index in [0.29, 0.717) is 22.4 Å². The van der Waals surface area contributed by atoms with Crippen LogP contribution in [0.1, 0.15) is 24.6 Å². The Hall–Kier alpha value is -2.08. The Balaban J connectivity index is 2.26. The van der Waals surface area contributed by atoms with Gasteiger partial charge >= 0.3 is 0 Å². The molecule has 19 heavy (non-hydrogen) atoms. The lowest BCUT2D eigenvalue weighted by Gasteiger charge is -2.12. The Labute approximate surface area is 114 Å². The average molecular weight is 282 g/mol. The Kier molecular flexibility index (Phi) is 3.71. The number of nitrogens with zero attached hydrogens (tertiary/aromatic N) is 2. The Morgan fingerprint density at radius 2 is 2.26 bits per heavy atom. The van der Waals surface area contributed by atoms with Crippen molar-refractivity contribution in [3.8, 4) is 0 Å². The lowest BCUT2D eigenvalue weighted by Crippen LogP contribution is -2.08. The molecule has 2 rings (SSSR count). The monoisotopic (exact) mass is 281 g/mol. The van der Waals surface area contributed by atoms with E-state index in [0.717, 1.165) is 0 Å². The normalized spacial score (nSPS) is 12.2. The summed E-state index contributed by atoms with van der Waals surface area (Å²) in [6.45, 7) is 3.59. The summed E-state index contributed by atoms with van der Waals surface area (Å²) in [6, 6.07) is 4.17. The second-order valence-electron chi connectivity index (χ2n) is 4.09. The van der Waals surface area contributed by atoms with Crippen LogP contribution < -0.4 is 5.32 Å². The maximum atomic E-state index is 11.0. The van der Waals surface area contributed by atoms with Gasteiger partial charge in [0.25, 0.3) is 5.69 Å². The third-order valence-corrected chi connectivity index (χ3v) is 2.77. The van der Waals surface area contributed by atoms with Crippen LogP contribution in [0.25, 0.3) is 0 Å². The molecule has 0 saturated carbocycles. The van der Waals surface area contributed by atoms with Gasteiger partial charge in [-0.3, -0.25) is 10.1 Å². The first kappa shape index (κ1) is 13.4. The molecule has 0 aliphatic rings. The number of nitrogens with one attached hydrogen (secondary N) is 1. The van der Waals surface area contributed by atoms with E-state index < -0.39 is 4.92 Å². The highest BCUT2D eigenvalue weighted by Gasteiger charge is 2.18. The molecule has 6 nitrogen and oxygen atoms in total. The van der Waals surface area contributed by atoms with E-state index in [9.17, 15) is 10.1 Å². The number of anilines is 1. The molecule has 0 bridgehead atoms. The number of nitro benzene ring substituents is 1. The van der Waals surface area contributed by atoms with Crippen LogP contribution in [0.3, 0.4) is 0 Å². The molecule has 0 aliphatic carbocycles. The molecule has 0 spiro atoms. The highest BCUT2D eigenvalue weighted by atomic mass is 35.5. The number of hydrogen-bond donors (Lipinski definition) is 1.